The van der Waals surface area contributed by atoms with Gasteiger partial charge in [-0.05, 0) is 24.5 Å². The van der Waals surface area contributed by atoms with Gasteiger partial charge in [0.25, 0.3) is 5.91 Å². The summed E-state index contributed by atoms with van der Waals surface area (Å²) in [6.45, 7) is 0.0869. The third-order valence-electron chi connectivity index (χ3n) is 2.26. The number of carbonyl (C=O) groups is 1. The van der Waals surface area contributed by atoms with Crippen LogP contribution in [-0.2, 0) is 4.79 Å². The Morgan fingerprint density at radius 3 is 3.06 bits per heavy atom. The van der Waals surface area contributed by atoms with Crippen molar-refractivity contribution in [3.63, 3.8) is 0 Å². The normalized spacial score (nSPS) is 15.1. The molecule has 16 heavy (non-hydrogen) atoms. The molecule has 0 aromatic heterocycles. The zero-order chi connectivity index (χ0) is 11.5. The van der Waals surface area contributed by atoms with E-state index >= 15 is 0 Å². The third kappa shape index (κ3) is 2.04. The van der Waals surface area contributed by atoms with Crippen molar-refractivity contribution < 1.29 is 9.53 Å². The van der Waals surface area contributed by atoms with Crippen LogP contribution in [-0.4, -0.2) is 30.9 Å². The molecule has 0 saturated carbocycles. The second-order valence-electron chi connectivity index (χ2n) is 3.28. The maximum atomic E-state index is 11.2. The fraction of sp³-hybridized carbons (Fsp3) is 0.273. The first-order valence-electron chi connectivity index (χ1n) is 4.82. The fourth-order valence-corrected chi connectivity index (χ4v) is 2.10. The van der Waals surface area contributed by atoms with Gasteiger partial charge >= 0.3 is 0 Å². The predicted octanol–water partition coefficient (Wildman–Crippen LogP) is 1.76. The van der Waals surface area contributed by atoms with Crippen molar-refractivity contribution >= 4 is 28.4 Å². The zero-order valence-corrected chi connectivity index (χ0v) is 9.93. The van der Waals surface area contributed by atoms with Crippen LogP contribution in [0.15, 0.2) is 23.2 Å². The van der Waals surface area contributed by atoms with E-state index in [0.717, 1.165) is 10.6 Å². The molecule has 0 radical (unpaired) electrons. The van der Waals surface area contributed by atoms with Crippen LogP contribution in [0.1, 0.15) is 5.56 Å². The lowest BCUT2D eigenvalue weighted by atomic mass is 10.2. The highest BCUT2D eigenvalue weighted by Gasteiger charge is 2.16. The van der Waals surface area contributed by atoms with Gasteiger partial charge in [-0.25, -0.2) is 0 Å². The van der Waals surface area contributed by atoms with Gasteiger partial charge in [-0.1, -0.05) is 0 Å². The predicted molar refractivity (Wildman–Crippen MR) is 66.5 cm³/mol. The van der Waals surface area contributed by atoms with Gasteiger partial charge in [0.2, 0.25) is 0 Å². The second kappa shape index (κ2) is 4.57. The number of benzene rings is 1. The maximum absolute atomic E-state index is 11.2. The van der Waals surface area contributed by atoms with E-state index in [1.807, 2.05) is 24.5 Å². The Hall–Kier alpha value is -1.49. The van der Waals surface area contributed by atoms with E-state index < -0.39 is 0 Å². The summed E-state index contributed by atoms with van der Waals surface area (Å²) in [5.74, 6) is 0.587. The summed E-state index contributed by atoms with van der Waals surface area (Å²) in [6.07, 6.45) is 1.97. The number of nitrogens with one attached hydrogen (secondary N) is 1. The molecular formula is C11H12N2O2S. The van der Waals surface area contributed by atoms with Crippen LogP contribution in [0.3, 0.4) is 0 Å². The van der Waals surface area contributed by atoms with E-state index in [2.05, 4.69) is 10.3 Å². The summed E-state index contributed by atoms with van der Waals surface area (Å²) in [5.41, 5.74) is 1.70. The molecule has 5 heteroatoms. The summed E-state index contributed by atoms with van der Waals surface area (Å²) in [7, 11) is 1.75. The molecule has 1 aliphatic heterocycles. The molecule has 0 atom stereocenters. The molecule has 1 amide bonds. The molecular weight excluding hydrogens is 224 g/mol. The van der Waals surface area contributed by atoms with Gasteiger partial charge in [-0.3, -0.25) is 9.79 Å². The molecule has 0 spiro atoms. The minimum Gasteiger partial charge on any atom is -0.482 e. The van der Waals surface area contributed by atoms with Crippen LogP contribution < -0.4 is 10.1 Å². The van der Waals surface area contributed by atoms with Crippen molar-refractivity contribution in [3.05, 3.63) is 23.8 Å². The molecule has 0 saturated heterocycles. The van der Waals surface area contributed by atoms with Gasteiger partial charge in [-0.2, -0.15) is 0 Å². The fourth-order valence-electron chi connectivity index (χ4n) is 1.55. The molecule has 84 valence electrons. The Balaban J connectivity index is 2.38. The van der Waals surface area contributed by atoms with Gasteiger partial charge in [0.05, 0.1) is 10.7 Å². The van der Waals surface area contributed by atoms with Crippen LogP contribution in [0.5, 0.6) is 5.75 Å². The maximum Gasteiger partial charge on any atom is 0.262 e. The molecule has 0 aliphatic carbocycles. The highest BCUT2D eigenvalue weighted by molar-refractivity contribution is 8.13. The van der Waals surface area contributed by atoms with E-state index in [9.17, 15) is 4.79 Å². The molecule has 0 fully saturated rings. The Labute approximate surface area is 98.1 Å². The monoisotopic (exact) mass is 236 g/mol. The van der Waals surface area contributed by atoms with Crippen molar-refractivity contribution in [2.75, 3.05) is 25.2 Å². The molecule has 4 nitrogen and oxygen atoms in total. The molecule has 1 aromatic carbocycles. The second-order valence-corrected chi connectivity index (χ2v) is 4.08. The van der Waals surface area contributed by atoms with Crippen LogP contribution in [0.4, 0.5) is 5.69 Å². The summed E-state index contributed by atoms with van der Waals surface area (Å²) in [6, 6.07) is 5.67. The molecule has 1 N–H and O–H groups in total. The lowest BCUT2D eigenvalue weighted by molar-refractivity contribution is -0.118. The molecule has 0 bridgehead atoms. The van der Waals surface area contributed by atoms with Crippen molar-refractivity contribution in [2.45, 2.75) is 0 Å². The smallest absolute Gasteiger partial charge is 0.262 e. The number of fused-ring (bicyclic) bond motifs is 1. The molecule has 2 rings (SSSR count). The lowest BCUT2D eigenvalue weighted by Crippen LogP contribution is -2.25. The van der Waals surface area contributed by atoms with E-state index in [1.165, 1.54) is 0 Å². The largest absolute Gasteiger partial charge is 0.482 e. The summed E-state index contributed by atoms with van der Waals surface area (Å²) in [5, 5.41) is 3.71. The topological polar surface area (TPSA) is 50.7 Å². The summed E-state index contributed by atoms with van der Waals surface area (Å²) >= 11 is 1.57. The zero-order valence-electron chi connectivity index (χ0n) is 9.11. The number of hydrogen-bond donors (Lipinski definition) is 1. The van der Waals surface area contributed by atoms with Crippen LogP contribution in [0, 0.1) is 0 Å². The standard InChI is InChI=1S/C11H12N2O2S/c1-12-11(16-2)7-3-4-9-8(5-7)13-10(14)6-15-9/h3-5H,6H2,1-2H3,(H,13,14). The van der Waals surface area contributed by atoms with Gasteiger partial charge in [0.1, 0.15) is 5.75 Å². The van der Waals surface area contributed by atoms with E-state index in [-0.39, 0.29) is 12.5 Å². The van der Waals surface area contributed by atoms with Crippen LogP contribution in [0.2, 0.25) is 0 Å². The number of ether oxygens (including phenoxy) is 1. The highest BCUT2D eigenvalue weighted by atomic mass is 32.2. The van der Waals surface area contributed by atoms with Crippen molar-refractivity contribution in [3.8, 4) is 5.75 Å². The number of carbonyl (C=O) groups excluding carboxylic acids is 1. The first-order chi connectivity index (χ1) is 7.74. The van der Waals surface area contributed by atoms with Crippen molar-refractivity contribution in [1.82, 2.24) is 0 Å². The quantitative estimate of drug-likeness (QED) is 0.597. The average Bonchev–Trinajstić information content (AvgIpc) is 2.30. The highest BCUT2D eigenvalue weighted by Crippen LogP contribution is 2.29. The van der Waals surface area contributed by atoms with E-state index in [4.69, 9.17) is 4.74 Å². The van der Waals surface area contributed by atoms with Crippen molar-refractivity contribution in [1.29, 1.82) is 0 Å². The Bertz CT molecular complexity index is 457. The van der Waals surface area contributed by atoms with Gasteiger partial charge in [-0.15, -0.1) is 11.8 Å². The van der Waals surface area contributed by atoms with Crippen molar-refractivity contribution in [2.24, 2.45) is 4.99 Å². The summed E-state index contributed by atoms with van der Waals surface area (Å²) < 4.78 is 5.28. The van der Waals surface area contributed by atoms with Gasteiger partial charge in [0, 0.05) is 12.6 Å². The average molecular weight is 236 g/mol. The molecule has 1 aromatic rings. The van der Waals surface area contributed by atoms with Gasteiger partial charge < -0.3 is 10.1 Å². The van der Waals surface area contributed by atoms with Crippen LogP contribution >= 0.6 is 11.8 Å². The Morgan fingerprint density at radius 2 is 2.38 bits per heavy atom. The Morgan fingerprint density at radius 1 is 1.56 bits per heavy atom. The number of rotatable bonds is 1. The third-order valence-corrected chi connectivity index (χ3v) is 3.06. The SMILES string of the molecule is CN=C(SC)c1ccc2c(c1)NC(=O)CO2. The number of thioether (sulfide) groups is 1. The number of nitrogens with zero attached hydrogens (tertiary/aromatic N) is 1. The van der Waals surface area contributed by atoms with E-state index in [0.29, 0.717) is 11.4 Å². The van der Waals surface area contributed by atoms with Crippen LogP contribution in [0.25, 0.3) is 0 Å². The number of aliphatic imine (C=N–C) groups is 1. The molecule has 1 heterocycles. The minimum atomic E-state index is -0.121. The lowest BCUT2D eigenvalue weighted by Gasteiger charge is -2.18. The first-order valence-corrected chi connectivity index (χ1v) is 6.05. The number of amides is 1. The number of hydrogen-bond acceptors (Lipinski definition) is 4. The summed E-state index contributed by atoms with van der Waals surface area (Å²) in [4.78, 5) is 15.3. The first kappa shape index (κ1) is 11.0. The molecule has 1 aliphatic rings. The minimum absolute atomic E-state index is 0.0869. The Kier molecular flexibility index (Phi) is 3.14. The number of anilines is 1. The van der Waals surface area contributed by atoms with E-state index in [1.54, 1.807) is 18.8 Å². The molecule has 0 unspecified atom stereocenters. The van der Waals surface area contributed by atoms with Gasteiger partial charge in [0.15, 0.2) is 6.61 Å².